The van der Waals surface area contributed by atoms with Crippen LogP contribution in [0.4, 0.5) is 5.69 Å². The van der Waals surface area contributed by atoms with Crippen LogP contribution in [0.25, 0.3) is 0 Å². The van der Waals surface area contributed by atoms with Gasteiger partial charge < -0.3 is 10.4 Å². The normalized spacial score (nSPS) is 10.9. The fraction of sp³-hybridized carbons (Fsp3) is 0.500. The van der Waals surface area contributed by atoms with Gasteiger partial charge in [0, 0.05) is 18.7 Å². The van der Waals surface area contributed by atoms with Gasteiger partial charge in [0.05, 0.1) is 11.3 Å². The highest BCUT2D eigenvalue weighted by atomic mass is 16.3. The Morgan fingerprint density at radius 1 is 1.45 bits per heavy atom. The summed E-state index contributed by atoms with van der Waals surface area (Å²) >= 11 is 0. The lowest BCUT2D eigenvalue weighted by molar-refractivity contribution is 0.101. The Morgan fingerprint density at radius 2 is 2.15 bits per heavy atom. The third kappa shape index (κ3) is 4.67. The molecule has 0 fully saturated rings. The van der Waals surface area contributed by atoms with Crippen molar-refractivity contribution in [2.75, 3.05) is 18.5 Å². The predicted molar refractivity (Wildman–Crippen MR) is 79.8 cm³/mol. The van der Waals surface area contributed by atoms with Gasteiger partial charge in [-0.3, -0.25) is 4.79 Å². The van der Waals surface area contributed by atoms with Crippen molar-refractivity contribution in [3.8, 4) is 6.07 Å². The van der Waals surface area contributed by atoms with Crippen LogP contribution < -0.4 is 5.32 Å². The topological polar surface area (TPSA) is 73.1 Å². The average Bonchev–Trinajstić information content (AvgIpc) is 2.43. The number of aliphatic hydroxyl groups is 1. The molecule has 4 nitrogen and oxygen atoms in total. The molecule has 2 N–H and O–H groups in total. The van der Waals surface area contributed by atoms with Crippen molar-refractivity contribution in [3.05, 3.63) is 29.3 Å². The van der Waals surface area contributed by atoms with Gasteiger partial charge in [-0.25, -0.2) is 0 Å². The number of benzene rings is 1. The first kappa shape index (κ1) is 16.2. The Hall–Kier alpha value is -1.86. The maximum atomic E-state index is 11.4. The van der Waals surface area contributed by atoms with E-state index in [2.05, 4.69) is 11.4 Å². The molecule has 0 aliphatic heterocycles. The van der Waals surface area contributed by atoms with Crippen LogP contribution in [-0.4, -0.2) is 24.0 Å². The van der Waals surface area contributed by atoms with Gasteiger partial charge in [-0.15, -0.1) is 0 Å². The molecule has 0 aromatic heterocycles. The van der Waals surface area contributed by atoms with Crippen molar-refractivity contribution in [2.45, 2.75) is 33.6 Å². The van der Waals surface area contributed by atoms with Gasteiger partial charge in [0.25, 0.3) is 0 Å². The van der Waals surface area contributed by atoms with Crippen molar-refractivity contribution in [3.63, 3.8) is 0 Å². The minimum absolute atomic E-state index is 0.0149. The zero-order valence-corrected chi connectivity index (χ0v) is 12.4. The molecule has 1 rings (SSSR count). The number of hydrogen-bond acceptors (Lipinski definition) is 4. The lowest BCUT2D eigenvalue weighted by atomic mass is 9.89. The van der Waals surface area contributed by atoms with Crippen LogP contribution in [-0.2, 0) is 0 Å². The molecule has 0 amide bonds. The van der Waals surface area contributed by atoms with E-state index in [1.165, 1.54) is 6.92 Å². The van der Waals surface area contributed by atoms with E-state index in [0.29, 0.717) is 23.4 Å². The van der Waals surface area contributed by atoms with Gasteiger partial charge in [0.15, 0.2) is 5.78 Å². The molecule has 108 valence electrons. The number of ketones is 1. The van der Waals surface area contributed by atoms with Crippen LogP contribution in [0, 0.1) is 16.7 Å². The minimum atomic E-state index is -0.0824. The summed E-state index contributed by atoms with van der Waals surface area (Å²) in [6.45, 7) is 6.42. The summed E-state index contributed by atoms with van der Waals surface area (Å²) in [4.78, 5) is 11.4. The summed E-state index contributed by atoms with van der Waals surface area (Å²) in [5.41, 5.74) is 1.75. The smallest absolute Gasteiger partial charge is 0.159 e. The summed E-state index contributed by atoms with van der Waals surface area (Å²) in [5, 5.41) is 21.5. The summed E-state index contributed by atoms with van der Waals surface area (Å²) < 4.78 is 0. The van der Waals surface area contributed by atoms with Crippen LogP contribution in [0.1, 0.15) is 49.5 Å². The molecule has 0 heterocycles. The molecule has 0 aliphatic carbocycles. The molecule has 1 aromatic carbocycles. The maximum Gasteiger partial charge on any atom is 0.159 e. The monoisotopic (exact) mass is 274 g/mol. The Labute approximate surface area is 120 Å². The molecule has 0 radical (unpaired) electrons. The number of hydrogen-bond donors (Lipinski definition) is 2. The van der Waals surface area contributed by atoms with Crippen LogP contribution >= 0.6 is 0 Å². The van der Waals surface area contributed by atoms with Gasteiger partial charge in [-0.1, -0.05) is 13.8 Å². The highest BCUT2D eigenvalue weighted by molar-refractivity contribution is 5.95. The summed E-state index contributed by atoms with van der Waals surface area (Å²) in [7, 11) is 0. The quantitative estimate of drug-likeness (QED) is 0.592. The first-order valence-corrected chi connectivity index (χ1v) is 6.79. The highest BCUT2D eigenvalue weighted by Crippen LogP contribution is 2.22. The largest absolute Gasteiger partial charge is 0.396 e. The third-order valence-corrected chi connectivity index (χ3v) is 3.32. The van der Waals surface area contributed by atoms with Gasteiger partial charge in [0.2, 0.25) is 0 Å². The second-order valence-corrected chi connectivity index (χ2v) is 5.78. The van der Waals surface area contributed by atoms with Crippen molar-refractivity contribution < 1.29 is 9.90 Å². The molecular formula is C16H22N2O2. The van der Waals surface area contributed by atoms with Gasteiger partial charge in [-0.05, 0) is 43.4 Å². The molecule has 0 spiro atoms. The van der Waals surface area contributed by atoms with Gasteiger partial charge in [-0.2, -0.15) is 5.26 Å². The number of rotatable bonds is 7. The molecule has 0 unspecified atom stereocenters. The van der Waals surface area contributed by atoms with Crippen LogP contribution in [0.3, 0.4) is 0 Å². The number of Topliss-reactive ketones (excluding diaryl/α,β-unsaturated/α-hetero) is 1. The van der Waals surface area contributed by atoms with E-state index in [9.17, 15) is 9.90 Å². The number of nitrogens with zero attached hydrogens (tertiary/aromatic N) is 1. The van der Waals surface area contributed by atoms with Crippen LogP contribution in [0.2, 0.25) is 0 Å². The summed E-state index contributed by atoms with van der Waals surface area (Å²) in [6, 6.07) is 7.17. The average molecular weight is 274 g/mol. The Morgan fingerprint density at radius 3 is 2.70 bits per heavy atom. The molecule has 0 saturated carbocycles. The maximum absolute atomic E-state index is 11.4. The summed E-state index contributed by atoms with van der Waals surface area (Å²) in [6.07, 6.45) is 1.79. The summed E-state index contributed by atoms with van der Waals surface area (Å²) in [5.74, 6) is -0.0149. The highest BCUT2D eigenvalue weighted by Gasteiger charge is 2.15. The number of nitrogens with one attached hydrogen (secondary N) is 1. The zero-order valence-electron chi connectivity index (χ0n) is 12.4. The van der Waals surface area contributed by atoms with E-state index < -0.39 is 0 Å². The third-order valence-electron chi connectivity index (χ3n) is 3.32. The fourth-order valence-corrected chi connectivity index (χ4v) is 1.88. The lowest BCUT2D eigenvalue weighted by Gasteiger charge is -2.21. The molecule has 0 saturated heterocycles. The molecule has 4 heteroatoms. The zero-order chi connectivity index (χ0) is 15.2. The predicted octanol–water partition coefficient (Wildman–Crippen LogP) is 2.97. The van der Waals surface area contributed by atoms with E-state index in [0.717, 1.165) is 12.8 Å². The van der Waals surface area contributed by atoms with Crippen molar-refractivity contribution >= 4 is 11.5 Å². The van der Waals surface area contributed by atoms with Gasteiger partial charge in [0.1, 0.15) is 6.07 Å². The standard InChI is InChI=1S/C16H22N2O2/c1-12(20)13-5-6-14(10-17)15(9-13)18-8-4-7-16(2,3)11-19/h5-6,9,18-19H,4,7-8,11H2,1-3H3. The van der Waals surface area contributed by atoms with Crippen molar-refractivity contribution in [1.82, 2.24) is 0 Å². The SMILES string of the molecule is CC(=O)c1ccc(C#N)c(NCCCC(C)(C)CO)c1. The van der Waals surface area contributed by atoms with E-state index in [4.69, 9.17) is 5.26 Å². The Bertz CT molecular complexity index is 516. The number of aliphatic hydroxyl groups excluding tert-OH is 1. The molecule has 0 aliphatic rings. The first-order valence-electron chi connectivity index (χ1n) is 6.79. The molecular weight excluding hydrogens is 252 g/mol. The number of carbonyl (C=O) groups excluding carboxylic acids is 1. The van der Waals surface area contributed by atoms with E-state index in [1.807, 2.05) is 13.8 Å². The number of anilines is 1. The number of carbonyl (C=O) groups is 1. The number of nitriles is 1. The molecule has 0 bridgehead atoms. The van der Waals surface area contributed by atoms with E-state index >= 15 is 0 Å². The lowest BCUT2D eigenvalue weighted by Crippen LogP contribution is -2.18. The molecule has 0 atom stereocenters. The van der Waals surface area contributed by atoms with E-state index in [1.54, 1.807) is 18.2 Å². The Balaban J connectivity index is 2.65. The fourth-order valence-electron chi connectivity index (χ4n) is 1.88. The molecule has 1 aromatic rings. The van der Waals surface area contributed by atoms with Crippen LogP contribution in [0.5, 0.6) is 0 Å². The van der Waals surface area contributed by atoms with Crippen molar-refractivity contribution in [2.24, 2.45) is 5.41 Å². The van der Waals surface area contributed by atoms with Crippen LogP contribution in [0.15, 0.2) is 18.2 Å². The second kappa shape index (κ2) is 7.06. The second-order valence-electron chi connectivity index (χ2n) is 5.78. The van der Waals surface area contributed by atoms with Crippen molar-refractivity contribution in [1.29, 1.82) is 5.26 Å². The molecule has 20 heavy (non-hydrogen) atoms. The first-order chi connectivity index (χ1) is 9.39. The van der Waals surface area contributed by atoms with Gasteiger partial charge >= 0.3 is 0 Å². The van der Waals surface area contributed by atoms with E-state index in [-0.39, 0.29) is 17.8 Å². The minimum Gasteiger partial charge on any atom is -0.396 e. The Kier molecular flexibility index (Phi) is 5.72.